The minimum Gasteiger partial charge on any atom is -0.479 e. The van der Waals surface area contributed by atoms with Gasteiger partial charge in [0.15, 0.2) is 11.9 Å². The van der Waals surface area contributed by atoms with E-state index >= 15 is 0 Å². The monoisotopic (exact) mass is 427 g/mol. The largest absolute Gasteiger partial charge is 0.479 e. The number of fused-ring (bicyclic) bond motifs is 1. The number of aromatic nitrogens is 3. The van der Waals surface area contributed by atoms with Gasteiger partial charge in [-0.2, -0.15) is 5.10 Å². The number of benzene rings is 1. The molecule has 0 spiro atoms. The highest BCUT2D eigenvalue weighted by molar-refractivity contribution is 5.98. The lowest BCUT2D eigenvalue weighted by molar-refractivity contribution is -0.122. The van der Waals surface area contributed by atoms with E-state index in [1.807, 2.05) is 50.6 Å². The van der Waals surface area contributed by atoms with Crippen molar-refractivity contribution in [2.45, 2.75) is 65.2 Å². The molecule has 2 amide bonds. The molecule has 2 aliphatic rings. The number of carbonyl (C=O) groups is 2. The van der Waals surface area contributed by atoms with Crippen LogP contribution in [0.2, 0.25) is 0 Å². The quantitative estimate of drug-likeness (QED) is 0.787. The molecule has 0 saturated carbocycles. The van der Waals surface area contributed by atoms with Gasteiger partial charge < -0.3 is 19.7 Å². The summed E-state index contributed by atoms with van der Waals surface area (Å²) in [6, 6.07) is 5.77. The predicted molar refractivity (Wildman–Crippen MR) is 115 cm³/mol. The summed E-state index contributed by atoms with van der Waals surface area (Å²) in [6.45, 7) is 10.4. The van der Waals surface area contributed by atoms with Crippen LogP contribution in [0, 0.1) is 6.92 Å². The van der Waals surface area contributed by atoms with Gasteiger partial charge in [0, 0.05) is 18.7 Å². The van der Waals surface area contributed by atoms with Crippen molar-refractivity contribution in [3.05, 3.63) is 24.0 Å². The molecular formula is C22H29N5O4. The Morgan fingerprint density at radius 3 is 2.65 bits per heavy atom. The van der Waals surface area contributed by atoms with E-state index in [9.17, 15) is 9.59 Å². The van der Waals surface area contributed by atoms with E-state index in [4.69, 9.17) is 9.47 Å². The maximum absolute atomic E-state index is 12.4. The summed E-state index contributed by atoms with van der Waals surface area (Å²) in [7, 11) is 0. The van der Waals surface area contributed by atoms with Crippen LogP contribution in [0.3, 0.4) is 0 Å². The van der Waals surface area contributed by atoms with Gasteiger partial charge in [0.1, 0.15) is 17.2 Å². The van der Waals surface area contributed by atoms with Crippen LogP contribution in [0.1, 0.15) is 52.4 Å². The van der Waals surface area contributed by atoms with Crippen LogP contribution < -0.4 is 10.1 Å². The molecule has 1 aromatic heterocycles. The van der Waals surface area contributed by atoms with Crippen LogP contribution in [0.5, 0.6) is 5.75 Å². The molecule has 2 aromatic rings. The maximum Gasteiger partial charge on any atom is 0.410 e. The summed E-state index contributed by atoms with van der Waals surface area (Å²) >= 11 is 0. The van der Waals surface area contributed by atoms with Crippen molar-refractivity contribution in [3.63, 3.8) is 0 Å². The number of hydrogen-bond donors (Lipinski definition) is 1. The van der Waals surface area contributed by atoms with Gasteiger partial charge in [-0.25, -0.2) is 14.5 Å². The molecule has 31 heavy (non-hydrogen) atoms. The first-order chi connectivity index (χ1) is 14.6. The lowest BCUT2D eigenvalue weighted by Gasteiger charge is -2.33. The molecule has 4 rings (SSSR count). The Morgan fingerprint density at radius 1 is 1.26 bits per heavy atom. The van der Waals surface area contributed by atoms with Crippen molar-refractivity contribution < 1.29 is 19.1 Å². The number of ether oxygens (including phenoxy) is 2. The van der Waals surface area contributed by atoms with Crippen molar-refractivity contribution in [1.82, 2.24) is 19.7 Å². The SMILES string of the molecule is Cc1nc(-c2ccc3c(c2)NC(=O)C(C)O3)n(C2CCN(C(=O)OC(C)(C)C)CC2)n1. The van der Waals surface area contributed by atoms with Crippen molar-refractivity contribution in [2.24, 2.45) is 0 Å². The highest BCUT2D eigenvalue weighted by Gasteiger charge is 2.30. The van der Waals surface area contributed by atoms with E-state index in [1.54, 1.807) is 11.8 Å². The minimum absolute atomic E-state index is 0.122. The average molecular weight is 428 g/mol. The molecular weight excluding hydrogens is 398 g/mol. The van der Waals surface area contributed by atoms with E-state index in [2.05, 4.69) is 15.4 Å². The number of aryl methyl sites for hydroxylation is 1. The van der Waals surface area contributed by atoms with Crippen LogP contribution in [0.4, 0.5) is 10.5 Å². The molecule has 1 saturated heterocycles. The molecule has 9 heteroatoms. The molecule has 0 bridgehead atoms. The van der Waals surface area contributed by atoms with Crippen LogP contribution in [-0.2, 0) is 9.53 Å². The number of nitrogens with one attached hydrogen (secondary N) is 1. The highest BCUT2D eigenvalue weighted by Crippen LogP contribution is 2.35. The van der Waals surface area contributed by atoms with E-state index in [0.29, 0.717) is 30.4 Å². The topological polar surface area (TPSA) is 98.6 Å². The fraction of sp³-hybridized carbons (Fsp3) is 0.545. The Hall–Kier alpha value is -3.10. The van der Waals surface area contributed by atoms with Gasteiger partial charge in [0.2, 0.25) is 0 Å². The summed E-state index contributed by atoms with van der Waals surface area (Å²) in [5.74, 6) is 1.89. The standard InChI is InChI=1S/C22H29N5O4/c1-13-20(28)24-17-12-15(6-7-18(17)30-13)19-23-14(2)25-27(19)16-8-10-26(11-9-16)21(29)31-22(3,4)5/h6-7,12-13,16H,8-11H2,1-5H3,(H,24,28). The second-order valence-electron chi connectivity index (χ2n) is 9.09. The molecule has 1 aromatic carbocycles. The predicted octanol–water partition coefficient (Wildman–Crippen LogP) is 3.54. The second-order valence-corrected chi connectivity index (χ2v) is 9.09. The van der Waals surface area contributed by atoms with Gasteiger partial charge in [0.25, 0.3) is 5.91 Å². The summed E-state index contributed by atoms with van der Waals surface area (Å²) < 4.78 is 13.1. The Kier molecular flexibility index (Phi) is 5.36. The first kappa shape index (κ1) is 21.1. The molecule has 166 valence electrons. The Morgan fingerprint density at radius 2 is 1.97 bits per heavy atom. The second kappa shape index (κ2) is 7.86. The summed E-state index contributed by atoms with van der Waals surface area (Å²) in [4.78, 5) is 30.7. The van der Waals surface area contributed by atoms with Crippen molar-refractivity contribution >= 4 is 17.7 Å². The third-order valence-electron chi connectivity index (χ3n) is 5.37. The zero-order valence-corrected chi connectivity index (χ0v) is 18.6. The van der Waals surface area contributed by atoms with Gasteiger partial charge in [-0.3, -0.25) is 4.79 Å². The number of anilines is 1. The molecule has 1 fully saturated rings. The normalized spacial score (nSPS) is 19.5. The Balaban J connectivity index is 1.52. The third-order valence-corrected chi connectivity index (χ3v) is 5.37. The lowest BCUT2D eigenvalue weighted by atomic mass is 10.0. The Labute approximate surface area is 181 Å². The number of likely N-dealkylation sites (tertiary alicyclic amines) is 1. The van der Waals surface area contributed by atoms with Crippen molar-refractivity contribution in [1.29, 1.82) is 0 Å². The molecule has 1 N–H and O–H groups in total. The summed E-state index contributed by atoms with van der Waals surface area (Å²) in [5.41, 5.74) is 0.980. The first-order valence-corrected chi connectivity index (χ1v) is 10.6. The van der Waals surface area contributed by atoms with E-state index in [1.165, 1.54) is 0 Å². The van der Waals surface area contributed by atoms with Crippen LogP contribution in [0.15, 0.2) is 18.2 Å². The maximum atomic E-state index is 12.4. The molecule has 1 atom stereocenters. The lowest BCUT2D eigenvalue weighted by Crippen LogP contribution is -2.42. The molecule has 2 aliphatic heterocycles. The fourth-order valence-electron chi connectivity index (χ4n) is 3.85. The van der Waals surface area contributed by atoms with Crippen LogP contribution in [0.25, 0.3) is 11.4 Å². The number of hydrogen-bond acceptors (Lipinski definition) is 6. The van der Waals surface area contributed by atoms with Crippen LogP contribution in [-0.4, -0.2) is 56.5 Å². The van der Waals surface area contributed by atoms with Gasteiger partial charge in [0.05, 0.1) is 11.7 Å². The average Bonchev–Trinajstić information content (AvgIpc) is 3.09. The first-order valence-electron chi connectivity index (χ1n) is 10.6. The van der Waals surface area contributed by atoms with Gasteiger partial charge >= 0.3 is 6.09 Å². The molecule has 9 nitrogen and oxygen atoms in total. The molecule has 0 radical (unpaired) electrons. The summed E-state index contributed by atoms with van der Waals surface area (Å²) in [6.07, 6.45) is 0.731. The molecule has 0 aliphatic carbocycles. The van der Waals surface area contributed by atoms with Crippen LogP contribution >= 0.6 is 0 Å². The number of amides is 2. The van der Waals surface area contributed by atoms with Gasteiger partial charge in [-0.15, -0.1) is 0 Å². The fourth-order valence-corrected chi connectivity index (χ4v) is 3.85. The smallest absolute Gasteiger partial charge is 0.410 e. The zero-order chi connectivity index (χ0) is 22.3. The van der Waals surface area contributed by atoms with Crippen molar-refractivity contribution in [2.75, 3.05) is 18.4 Å². The number of carbonyl (C=O) groups excluding carboxylic acids is 2. The highest BCUT2D eigenvalue weighted by atomic mass is 16.6. The third kappa shape index (κ3) is 4.50. The number of nitrogens with zero attached hydrogens (tertiary/aromatic N) is 4. The van der Waals surface area contributed by atoms with Crippen molar-refractivity contribution in [3.8, 4) is 17.1 Å². The van der Waals surface area contributed by atoms with Gasteiger partial charge in [-0.1, -0.05) is 0 Å². The van der Waals surface area contributed by atoms with E-state index in [-0.39, 0.29) is 18.0 Å². The Bertz CT molecular complexity index is 1000. The zero-order valence-electron chi connectivity index (χ0n) is 18.6. The molecule has 3 heterocycles. The number of rotatable bonds is 2. The van der Waals surface area contributed by atoms with Gasteiger partial charge in [-0.05, 0) is 65.7 Å². The number of piperidine rings is 1. The van der Waals surface area contributed by atoms with E-state index < -0.39 is 11.7 Å². The summed E-state index contributed by atoms with van der Waals surface area (Å²) in [5, 5.41) is 7.51. The van der Waals surface area contributed by atoms with E-state index in [0.717, 1.165) is 24.2 Å². The minimum atomic E-state index is -0.514. The molecule has 1 unspecified atom stereocenters.